The summed E-state index contributed by atoms with van der Waals surface area (Å²) in [6.45, 7) is -1.74. The van der Waals surface area contributed by atoms with Gasteiger partial charge in [0.1, 0.15) is 0 Å². The minimum atomic E-state index is -2.80. The zero-order valence-corrected chi connectivity index (χ0v) is 10.8. The Morgan fingerprint density at radius 3 is 2.67 bits per heavy atom. The van der Waals surface area contributed by atoms with Crippen molar-refractivity contribution in [3.63, 3.8) is 0 Å². The van der Waals surface area contributed by atoms with Crippen LogP contribution in [0.5, 0.6) is 0 Å². The number of hydrogen-bond acceptors (Lipinski definition) is 6. The lowest BCUT2D eigenvalue weighted by Gasteiger charge is -2.22. The number of non-ortho nitro benzene ring substituents is 1. The quantitative estimate of drug-likeness (QED) is 0.385. The first-order valence-corrected chi connectivity index (χ1v) is 5.84. The van der Waals surface area contributed by atoms with Crippen LogP contribution in [0.25, 0.3) is 0 Å². The number of hydrogen-bond donors (Lipinski definition) is 3. The summed E-state index contributed by atoms with van der Waals surface area (Å²) in [6.07, 6.45) is -2.80. The van der Waals surface area contributed by atoms with E-state index in [2.05, 4.69) is 5.43 Å². The number of benzene rings is 1. The fourth-order valence-electron chi connectivity index (χ4n) is 1.68. The van der Waals surface area contributed by atoms with Gasteiger partial charge in [-0.2, -0.15) is 0 Å². The van der Waals surface area contributed by atoms with E-state index in [4.69, 9.17) is 10.9 Å². The number of nitrogens with two attached hydrogens (primary N) is 1. The molecule has 0 spiro atoms. The van der Waals surface area contributed by atoms with Crippen molar-refractivity contribution in [2.75, 3.05) is 25.1 Å². The highest BCUT2D eigenvalue weighted by molar-refractivity contribution is 6.00. The van der Waals surface area contributed by atoms with Gasteiger partial charge in [0, 0.05) is 18.7 Å². The number of rotatable bonds is 7. The summed E-state index contributed by atoms with van der Waals surface area (Å²) in [5.41, 5.74) is 1.63. The van der Waals surface area contributed by atoms with Crippen LogP contribution in [-0.4, -0.2) is 47.0 Å². The van der Waals surface area contributed by atoms with Gasteiger partial charge in [-0.15, -0.1) is 0 Å². The molecule has 10 heteroatoms. The fraction of sp³-hybridized carbons (Fsp3) is 0.364. The molecular formula is C11H14F2N4O4. The predicted octanol–water partition coefficient (Wildman–Crippen LogP) is 0.580. The first kappa shape index (κ1) is 16.7. The van der Waals surface area contributed by atoms with Gasteiger partial charge in [-0.25, -0.2) is 8.78 Å². The molecule has 0 bridgehead atoms. The molecule has 21 heavy (non-hydrogen) atoms. The Bertz CT molecular complexity index is 527. The van der Waals surface area contributed by atoms with E-state index >= 15 is 0 Å². The van der Waals surface area contributed by atoms with Gasteiger partial charge in [-0.05, 0) is 6.07 Å². The molecule has 1 rings (SSSR count). The van der Waals surface area contributed by atoms with E-state index in [1.54, 1.807) is 0 Å². The summed E-state index contributed by atoms with van der Waals surface area (Å²) in [4.78, 5) is 22.9. The minimum absolute atomic E-state index is 0.0582. The van der Waals surface area contributed by atoms with Crippen molar-refractivity contribution in [1.82, 2.24) is 4.90 Å². The number of carbonyl (C=O) groups is 1. The Morgan fingerprint density at radius 1 is 1.52 bits per heavy atom. The number of aliphatic hydroxyl groups excluding tert-OH is 1. The molecule has 0 fully saturated rings. The third kappa shape index (κ3) is 4.33. The number of hydrazine groups is 1. The van der Waals surface area contributed by atoms with Crippen LogP contribution in [0, 0.1) is 10.1 Å². The molecule has 0 aromatic heterocycles. The molecule has 0 radical (unpaired) electrons. The van der Waals surface area contributed by atoms with Crippen LogP contribution in [0.2, 0.25) is 0 Å². The molecule has 116 valence electrons. The maximum atomic E-state index is 12.5. The van der Waals surface area contributed by atoms with Crippen LogP contribution in [0.15, 0.2) is 18.2 Å². The third-order valence-electron chi connectivity index (χ3n) is 2.62. The van der Waals surface area contributed by atoms with Crippen LogP contribution in [-0.2, 0) is 0 Å². The zero-order chi connectivity index (χ0) is 16.0. The molecule has 0 aliphatic rings. The maximum absolute atomic E-state index is 12.5. The predicted molar refractivity (Wildman–Crippen MR) is 69.9 cm³/mol. The number of nitrogen functional groups attached to an aromatic ring is 1. The van der Waals surface area contributed by atoms with Gasteiger partial charge < -0.3 is 15.4 Å². The SMILES string of the molecule is NNc1ccc([N+](=O)[O-])cc1C(=O)N(CCO)CC(F)F. The van der Waals surface area contributed by atoms with Crippen LogP contribution in [0.4, 0.5) is 20.2 Å². The molecule has 8 nitrogen and oxygen atoms in total. The summed E-state index contributed by atoms with van der Waals surface area (Å²) in [6, 6.07) is 3.26. The van der Waals surface area contributed by atoms with Crippen molar-refractivity contribution in [3.05, 3.63) is 33.9 Å². The van der Waals surface area contributed by atoms with Gasteiger partial charge in [-0.3, -0.25) is 20.8 Å². The molecule has 0 saturated heterocycles. The van der Waals surface area contributed by atoms with Crippen molar-refractivity contribution < 1.29 is 23.6 Å². The Hall–Kier alpha value is -2.33. The monoisotopic (exact) mass is 304 g/mol. The second kappa shape index (κ2) is 7.45. The van der Waals surface area contributed by atoms with E-state index in [0.717, 1.165) is 12.1 Å². The van der Waals surface area contributed by atoms with E-state index in [1.807, 2.05) is 0 Å². The second-order valence-corrected chi connectivity index (χ2v) is 4.00. The highest BCUT2D eigenvalue weighted by atomic mass is 19.3. The summed E-state index contributed by atoms with van der Waals surface area (Å²) in [5.74, 6) is 4.31. The Morgan fingerprint density at radius 2 is 2.19 bits per heavy atom. The second-order valence-electron chi connectivity index (χ2n) is 4.00. The van der Waals surface area contributed by atoms with Crippen LogP contribution >= 0.6 is 0 Å². The lowest BCUT2D eigenvalue weighted by Crippen LogP contribution is -2.37. The molecule has 0 unspecified atom stereocenters. The Balaban J connectivity index is 3.17. The molecule has 0 heterocycles. The number of nitrogens with zero attached hydrogens (tertiary/aromatic N) is 2. The number of alkyl halides is 2. The summed E-state index contributed by atoms with van der Waals surface area (Å²) < 4.78 is 24.9. The largest absolute Gasteiger partial charge is 0.395 e. The first-order chi connectivity index (χ1) is 9.90. The normalized spacial score (nSPS) is 10.5. The third-order valence-corrected chi connectivity index (χ3v) is 2.62. The number of nitro benzene ring substituents is 1. The van der Waals surface area contributed by atoms with E-state index in [1.165, 1.54) is 6.07 Å². The molecule has 0 atom stereocenters. The van der Waals surface area contributed by atoms with Gasteiger partial charge in [0.15, 0.2) is 0 Å². The minimum Gasteiger partial charge on any atom is -0.395 e. The van der Waals surface area contributed by atoms with Gasteiger partial charge >= 0.3 is 0 Å². The molecular weight excluding hydrogens is 290 g/mol. The standard InChI is InChI=1S/C11H14F2N4O4/c12-10(13)6-16(3-4-18)11(19)8-5-7(17(20)21)1-2-9(8)15-14/h1-2,5,10,15,18H,3-4,6,14H2. The van der Waals surface area contributed by atoms with Crippen molar-refractivity contribution in [3.8, 4) is 0 Å². The maximum Gasteiger partial charge on any atom is 0.270 e. The number of nitrogens with one attached hydrogen (secondary N) is 1. The van der Waals surface area contributed by atoms with Crippen LogP contribution in [0.3, 0.4) is 0 Å². The first-order valence-electron chi connectivity index (χ1n) is 5.84. The number of nitro groups is 1. The van der Waals surface area contributed by atoms with Gasteiger partial charge in [0.05, 0.1) is 29.3 Å². The Labute approximate surface area is 118 Å². The van der Waals surface area contributed by atoms with E-state index in [-0.39, 0.29) is 23.5 Å². The fourth-order valence-corrected chi connectivity index (χ4v) is 1.68. The molecule has 0 saturated carbocycles. The average Bonchev–Trinajstić information content (AvgIpc) is 2.44. The molecule has 0 aliphatic heterocycles. The van der Waals surface area contributed by atoms with Crippen LogP contribution < -0.4 is 11.3 Å². The molecule has 1 amide bonds. The smallest absolute Gasteiger partial charge is 0.270 e. The molecule has 1 aromatic carbocycles. The topological polar surface area (TPSA) is 122 Å². The van der Waals surface area contributed by atoms with Crippen molar-refractivity contribution in [1.29, 1.82) is 0 Å². The number of aliphatic hydroxyl groups is 1. The summed E-state index contributed by atoms with van der Waals surface area (Å²) in [5, 5.41) is 19.5. The van der Waals surface area contributed by atoms with Crippen LogP contribution in [0.1, 0.15) is 10.4 Å². The number of carbonyl (C=O) groups excluding carboxylic acids is 1. The highest BCUT2D eigenvalue weighted by Crippen LogP contribution is 2.23. The van der Waals surface area contributed by atoms with Crippen molar-refractivity contribution in [2.24, 2.45) is 5.84 Å². The van der Waals surface area contributed by atoms with Gasteiger partial charge in [-0.1, -0.05) is 0 Å². The lowest BCUT2D eigenvalue weighted by molar-refractivity contribution is -0.384. The Kier molecular flexibility index (Phi) is 5.93. The molecule has 1 aromatic rings. The zero-order valence-electron chi connectivity index (χ0n) is 10.8. The van der Waals surface area contributed by atoms with E-state index in [9.17, 15) is 23.7 Å². The van der Waals surface area contributed by atoms with Crippen molar-refractivity contribution in [2.45, 2.75) is 6.43 Å². The summed E-state index contributed by atoms with van der Waals surface area (Å²) >= 11 is 0. The number of amides is 1. The number of anilines is 1. The molecule has 0 aliphatic carbocycles. The summed E-state index contributed by atoms with van der Waals surface area (Å²) in [7, 11) is 0. The van der Waals surface area contributed by atoms with Gasteiger partial charge in [0.25, 0.3) is 18.0 Å². The van der Waals surface area contributed by atoms with Gasteiger partial charge in [0.2, 0.25) is 0 Å². The van der Waals surface area contributed by atoms with E-state index < -0.39 is 30.4 Å². The van der Waals surface area contributed by atoms with Crippen molar-refractivity contribution >= 4 is 17.3 Å². The van der Waals surface area contributed by atoms with E-state index in [0.29, 0.717) is 4.90 Å². The molecule has 4 N–H and O–H groups in total. The average molecular weight is 304 g/mol. The highest BCUT2D eigenvalue weighted by Gasteiger charge is 2.23. The number of halogens is 2. The lowest BCUT2D eigenvalue weighted by atomic mass is 10.1.